The molecule has 0 aliphatic rings. The topological polar surface area (TPSA) is 74.1 Å². The first-order chi connectivity index (χ1) is 13.2. The van der Waals surface area contributed by atoms with Gasteiger partial charge in [0, 0.05) is 12.1 Å². The van der Waals surface area contributed by atoms with Crippen molar-refractivity contribution < 1.29 is 9.34 Å². The molecule has 0 atom stereocenters. The minimum atomic E-state index is -0.412. The molecule has 2 aromatic carbocycles. The number of furan rings is 1. The first kappa shape index (κ1) is 16.5. The zero-order chi connectivity index (χ0) is 18.6. The minimum Gasteiger partial charge on any atom is -0.463 e. The largest absolute Gasteiger partial charge is 0.463 e. The highest BCUT2D eigenvalue weighted by Crippen LogP contribution is 2.25. The molecule has 0 unspecified atom stereocenters. The Bertz CT molecular complexity index is 1080. The maximum absolute atomic E-state index is 10.7. The molecule has 2 aromatic heterocycles. The van der Waals surface area contributed by atoms with Crippen molar-refractivity contribution in [2.24, 2.45) is 0 Å². The lowest BCUT2D eigenvalue weighted by atomic mass is 10.2. The van der Waals surface area contributed by atoms with Gasteiger partial charge in [0.2, 0.25) is 0 Å². The molecular formula is C21H15N3O3. The highest BCUT2D eigenvalue weighted by Gasteiger charge is 2.12. The third kappa shape index (κ3) is 3.55. The van der Waals surface area contributed by atoms with E-state index in [9.17, 15) is 10.1 Å². The average Bonchev–Trinajstić information content (AvgIpc) is 3.37. The fraction of sp³-hybridized carbons (Fsp3) is 0. The van der Waals surface area contributed by atoms with Crippen LogP contribution in [0.15, 0.2) is 83.5 Å². The third-order valence-electron chi connectivity index (χ3n) is 4.05. The minimum absolute atomic E-state index is 0.0700. The van der Waals surface area contributed by atoms with Crippen molar-refractivity contribution in [3.63, 3.8) is 0 Å². The van der Waals surface area contributed by atoms with Crippen LogP contribution in [0.1, 0.15) is 11.3 Å². The number of hydrogen-bond acceptors (Lipinski definition) is 4. The molecule has 0 aliphatic heterocycles. The summed E-state index contributed by atoms with van der Waals surface area (Å²) >= 11 is 0. The van der Waals surface area contributed by atoms with Gasteiger partial charge in [0.05, 0.1) is 22.6 Å². The van der Waals surface area contributed by atoms with Crippen molar-refractivity contribution >= 4 is 17.8 Å². The number of rotatable bonds is 5. The molecule has 132 valence electrons. The Hall–Kier alpha value is -3.93. The van der Waals surface area contributed by atoms with Crippen LogP contribution in [-0.2, 0) is 0 Å². The SMILES string of the molecule is O=[N+]([O-])c1ccc(/C=C/c2cc(-c3ccco3)n(-c3ccccc3)n2)cc1. The summed E-state index contributed by atoms with van der Waals surface area (Å²) in [5.41, 5.74) is 3.45. The van der Waals surface area contributed by atoms with Gasteiger partial charge >= 0.3 is 0 Å². The fourth-order valence-electron chi connectivity index (χ4n) is 2.74. The molecule has 4 aromatic rings. The van der Waals surface area contributed by atoms with E-state index in [0.29, 0.717) is 0 Å². The lowest BCUT2D eigenvalue weighted by molar-refractivity contribution is -0.384. The average molecular weight is 357 g/mol. The molecule has 0 aliphatic carbocycles. The Balaban J connectivity index is 1.68. The summed E-state index contributed by atoms with van der Waals surface area (Å²) in [6, 6.07) is 21.9. The highest BCUT2D eigenvalue weighted by atomic mass is 16.6. The van der Waals surface area contributed by atoms with Gasteiger partial charge < -0.3 is 4.42 Å². The second kappa shape index (κ2) is 7.13. The number of hydrogen-bond donors (Lipinski definition) is 0. The van der Waals surface area contributed by atoms with Crippen LogP contribution in [0.25, 0.3) is 29.3 Å². The Morgan fingerprint density at radius 3 is 2.41 bits per heavy atom. The lowest BCUT2D eigenvalue weighted by Gasteiger charge is -2.04. The summed E-state index contributed by atoms with van der Waals surface area (Å²) in [5.74, 6) is 0.723. The molecular weight excluding hydrogens is 342 g/mol. The van der Waals surface area contributed by atoms with Crippen LogP contribution >= 0.6 is 0 Å². The predicted octanol–water partition coefficient (Wildman–Crippen LogP) is 5.21. The van der Waals surface area contributed by atoms with Gasteiger partial charge in [0.1, 0.15) is 5.69 Å². The number of nitrogens with zero attached hydrogens (tertiary/aromatic N) is 3. The van der Waals surface area contributed by atoms with Crippen LogP contribution in [0.5, 0.6) is 0 Å². The Morgan fingerprint density at radius 1 is 0.963 bits per heavy atom. The van der Waals surface area contributed by atoms with E-state index < -0.39 is 4.92 Å². The van der Waals surface area contributed by atoms with Gasteiger partial charge in [0.25, 0.3) is 5.69 Å². The molecule has 0 fully saturated rings. The summed E-state index contributed by atoms with van der Waals surface area (Å²) in [6.07, 6.45) is 5.37. The van der Waals surface area contributed by atoms with E-state index in [1.807, 2.05) is 65.4 Å². The zero-order valence-electron chi connectivity index (χ0n) is 14.2. The van der Waals surface area contributed by atoms with Crippen molar-refractivity contribution in [2.45, 2.75) is 0 Å². The van der Waals surface area contributed by atoms with Crippen molar-refractivity contribution in [3.05, 3.63) is 100 Å². The summed E-state index contributed by atoms with van der Waals surface area (Å²) < 4.78 is 7.37. The Morgan fingerprint density at radius 2 is 1.74 bits per heavy atom. The van der Waals surface area contributed by atoms with Crippen LogP contribution in [0, 0.1) is 10.1 Å². The first-order valence-corrected chi connectivity index (χ1v) is 8.32. The molecule has 0 amide bonds. The normalized spacial score (nSPS) is 11.1. The number of nitro benzene ring substituents is 1. The molecule has 2 heterocycles. The molecule has 0 radical (unpaired) electrons. The van der Waals surface area contributed by atoms with E-state index >= 15 is 0 Å². The van der Waals surface area contributed by atoms with E-state index in [1.165, 1.54) is 12.1 Å². The standard InChI is InChI=1S/C21H15N3O3/c25-24(26)19-12-9-16(10-13-19)8-11-17-15-20(21-7-4-14-27-21)23(22-17)18-5-2-1-3-6-18/h1-15H/b11-8+. The number of non-ortho nitro benzene ring substituents is 1. The summed E-state index contributed by atoms with van der Waals surface area (Å²) in [5, 5.41) is 15.4. The lowest BCUT2D eigenvalue weighted by Crippen LogP contribution is -1.98. The maximum Gasteiger partial charge on any atom is 0.269 e. The third-order valence-corrected chi connectivity index (χ3v) is 4.05. The monoisotopic (exact) mass is 357 g/mol. The predicted molar refractivity (Wildman–Crippen MR) is 103 cm³/mol. The Kier molecular flexibility index (Phi) is 4.37. The van der Waals surface area contributed by atoms with Crippen molar-refractivity contribution in [3.8, 4) is 17.1 Å². The number of aromatic nitrogens is 2. The second-order valence-electron chi connectivity index (χ2n) is 5.86. The molecule has 0 N–H and O–H groups in total. The van der Waals surface area contributed by atoms with E-state index in [2.05, 4.69) is 5.10 Å². The van der Waals surface area contributed by atoms with Crippen molar-refractivity contribution in [2.75, 3.05) is 0 Å². The first-order valence-electron chi connectivity index (χ1n) is 8.32. The number of nitro groups is 1. The van der Waals surface area contributed by atoms with Gasteiger partial charge in [-0.05, 0) is 54.1 Å². The van der Waals surface area contributed by atoms with Gasteiger partial charge in [0.15, 0.2) is 5.76 Å². The maximum atomic E-state index is 10.7. The summed E-state index contributed by atoms with van der Waals surface area (Å²) in [4.78, 5) is 10.3. The number of para-hydroxylation sites is 1. The highest BCUT2D eigenvalue weighted by molar-refractivity contribution is 5.71. The van der Waals surface area contributed by atoms with Crippen LogP contribution in [0.4, 0.5) is 5.69 Å². The Labute approximate surface area is 155 Å². The molecule has 4 rings (SSSR count). The van der Waals surface area contributed by atoms with Crippen LogP contribution < -0.4 is 0 Å². The van der Waals surface area contributed by atoms with E-state index in [-0.39, 0.29) is 5.69 Å². The molecule has 27 heavy (non-hydrogen) atoms. The molecule has 0 saturated carbocycles. The number of benzene rings is 2. The summed E-state index contributed by atoms with van der Waals surface area (Å²) in [6.45, 7) is 0. The smallest absolute Gasteiger partial charge is 0.269 e. The van der Waals surface area contributed by atoms with Crippen LogP contribution in [0.2, 0.25) is 0 Å². The zero-order valence-corrected chi connectivity index (χ0v) is 14.2. The van der Waals surface area contributed by atoms with Gasteiger partial charge in [-0.2, -0.15) is 5.10 Å². The van der Waals surface area contributed by atoms with Gasteiger partial charge in [-0.25, -0.2) is 4.68 Å². The van der Waals surface area contributed by atoms with E-state index in [4.69, 9.17) is 4.42 Å². The second-order valence-corrected chi connectivity index (χ2v) is 5.86. The van der Waals surface area contributed by atoms with Crippen molar-refractivity contribution in [1.82, 2.24) is 9.78 Å². The van der Waals surface area contributed by atoms with Crippen molar-refractivity contribution in [1.29, 1.82) is 0 Å². The van der Waals surface area contributed by atoms with Gasteiger partial charge in [-0.3, -0.25) is 10.1 Å². The van der Waals surface area contributed by atoms with E-state index in [1.54, 1.807) is 18.4 Å². The molecule has 0 spiro atoms. The molecule has 6 nitrogen and oxygen atoms in total. The molecule has 0 saturated heterocycles. The van der Waals surface area contributed by atoms with Crippen LogP contribution in [0.3, 0.4) is 0 Å². The molecule has 0 bridgehead atoms. The van der Waals surface area contributed by atoms with E-state index in [0.717, 1.165) is 28.4 Å². The van der Waals surface area contributed by atoms with Gasteiger partial charge in [-0.1, -0.05) is 24.3 Å². The fourth-order valence-corrected chi connectivity index (χ4v) is 2.74. The van der Waals surface area contributed by atoms with Gasteiger partial charge in [-0.15, -0.1) is 0 Å². The summed E-state index contributed by atoms with van der Waals surface area (Å²) in [7, 11) is 0. The molecule has 6 heteroatoms. The quantitative estimate of drug-likeness (QED) is 0.363. The van der Waals surface area contributed by atoms with Crippen LogP contribution in [-0.4, -0.2) is 14.7 Å².